The summed E-state index contributed by atoms with van der Waals surface area (Å²) in [4.78, 5) is 11.0. The second kappa shape index (κ2) is 6.28. The van der Waals surface area contributed by atoms with Gasteiger partial charge >= 0.3 is 6.18 Å². The van der Waals surface area contributed by atoms with Crippen molar-refractivity contribution in [3.63, 3.8) is 0 Å². The first-order chi connectivity index (χ1) is 10.7. The number of alkyl halides is 3. The van der Waals surface area contributed by atoms with Gasteiger partial charge < -0.3 is 5.32 Å². The highest BCUT2D eigenvalue weighted by molar-refractivity contribution is 5.95. The molecule has 0 bridgehead atoms. The van der Waals surface area contributed by atoms with Crippen LogP contribution in [0, 0.1) is 6.92 Å². The number of halogens is 3. The molecule has 0 atom stereocenters. The summed E-state index contributed by atoms with van der Waals surface area (Å²) in [6, 6.07) is 9.36. The van der Waals surface area contributed by atoms with Crippen molar-refractivity contribution in [2.24, 2.45) is 7.05 Å². The maximum Gasteiger partial charge on any atom is 0.454 e. The molecule has 0 saturated heterocycles. The lowest BCUT2D eigenvalue weighted by Crippen LogP contribution is -2.21. The van der Waals surface area contributed by atoms with Crippen LogP contribution in [-0.4, -0.2) is 21.7 Å². The van der Waals surface area contributed by atoms with E-state index >= 15 is 0 Å². The highest BCUT2D eigenvalue weighted by Crippen LogP contribution is 2.31. The summed E-state index contributed by atoms with van der Waals surface area (Å²) in [5.74, 6) is -1.37. The molecular formula is C16H16F3N3O. The number of hydrogen-bond acceptors (Lipinski definition) is 3. The number of carbonyl (C=O) groups excluding carboxylic acids is 1. The first-order valence-electron chi connectivity index (χ1n) is 6.85. The van der Waals surface area contributed by atoms with Crippen LogP contribution in [0.3, 0.4) is 0 Å². The minimum Gasteiger partial charge on any atom is -0.344 e. The molecule has 1 aromatic carbocycles. The molecule has 0 amide bonds. The number of carbonyl (C=O) groups is 1. The monoisotopic (exact) mass is 323 g/mol. The number of ketones is 1. The topological polar surface area (TPSA) is 46.9 Å². The predicted octanol–water partition coefficient (Wildman–Crippen LogP) is 3.84. The number of nitrogens with zero attached hydrogens (tertiary/aromatic N) is 2. The summed E-state index contributed by atoms with van der Waals surface area (Å²) in [7, 11) is 1.68. The zero-order valence-electron chi connectivity index (χ0n) is 12.9. The van der Waals surface area contributed by atoms with E-state index in [0.717, 1.165) is 16.8 Å². The van der Waals surface area contributed by atoms with Crippen LogP contribution in [0.1, 0.15) is 12.6 Å². The molecule has 1 N–H and O–H groups in total. The fraction of sp³-hybridized carbons (Fsp3) is 0.250. The van der Waals surface area contributed by atoms with Crippen molar-refractivity contribution in [3.8, 4) is 11.1 Å². The van der Waals surface area contributed by atoms with Gasteiger partial charge in [0.1, 0.15) is 5.82 Å². The maximum absolute atomic E-state index is 12.3. The Morgan fingerprint density at radius 1 is 1.26 bits per heavy atom. The summed E-state index contributed by atoms with van der Waals surface area (Å²) in [6.45, 7) is 3.22. The number of anilines is 1. The van der Waals surface area contributed by atoms with Crippen molar-refractivity contribution in [2.45, 2.75) is 20.0 Å². The number of benzene rings is 1. The molecule has 23 heavy (non-hydrogen) atoms. The molecule has 0 aliphatic rings. The minimum atomic E-state index is -4.88. The number of aromatic nitrogens is 2. The smallest absolute Gasteiger partial charge is 0.344 e. The SMILES string of the molecule is C/C(=C/C(=O)C(F)(F)F)Nc1c(-c2ccccc2)c(C)nn1C. The van der Waals surface area contributed by atoms with Crippen molar-refractivity contribution < 1.29 is 18.0 Å². The molecule has 0 fully saturated rings. The van der Waals surface area contributed by atoms with Crippen molar-refractivity contribution in [3.05, 3.63) is 47.8 Å². The Labute approximate surface area is 131 Å². The molecule has 0 aliphatic heterocycles. The van der Waals surface area contributed by atoms with Gasteiger partial charge in [-0.15, -0.1) is 0 Å². The molecule has 0 radical (unpaired) electrons. The molecule has 0 aliphatic carbocycles. The van der Waals surface area contributed by atoms with Crippen molar-refractivity contribution in [1.29, 1.82) is 0 Å². The van der Waals surface area contributed by atoms with Crippen molar-refractivity contribution in [2.75, 3.05) is 5.32 Å². The fourth-order valence-electron chi connectivity index (χ4n) is 2.25. The molecule has 0 saturated carbocycles. The van der Waals surface area contributed by atoms with E-state index < -0.39 is 12.0 Å². The van der Waals surface area contributed by atoms with Crippen LogP contribution < -0.4 is 5.32 Å². The molecule has 2 aromatic rings. The van der Waals surface area contributed by atoms with E-state index in [-0.39, 0.29) is 5.70 Å². The van der Waals surface area contributed by atoms with Crippen LogP contribution in [0.5, 0.6) is 0 Å². The van der Waals surface area contributed by atoms with Gasteiger partial charge in [-0.3, -0.25) is 9.48 Å². The van der Waals surface area contributed by atoms with Gasteiger partial charge in [-0.05, 0) is 19.4 Å². The molecule has 4 nitrogen and oxygen atoms in total. The Morgan fingerprint density at radius 2 is 1.87 bits per heavy atom. The Hall–Kier alpha value is -2.57. The highest BCUT2D eigenvalue weighted by atomic mass is 19.4. The third-order valence-corrected chi connectivity index (χ3v) is 3.23. The van der Waals surface area contributed by atoms with E-state index in [1.807, 2.05) is 37.3 Å². The normalized spacial score (nSPS) is 12.3. The lowest BCUT2D eigenvalue weighted by atomic mass is 10.1. The van der Waals surface area contributed by atoms with E-state index in [0.29, 0.717) is 11.9 Å². The maximum atomic E-state index is 12.3. The van der Waals surface area contributed by atoms with E-state index in [4.69, 9.17) is 0 Å². The van der Waals surface area contributed by atoms with Gasteiger partial charge in [0.05, 0.1) is 5.69 Å². The third-order valence-electron chi connectivity index (χ3n) is 3.23. The van der Waals surface area contributed by atoms with Gasteiger partial charge in [-0.2, -0.15) is 18.3 Å². The first-order valence-corrected chi connectivity index (χ1v) is 6.85. The minimum absolute atomic E-state index is 0.0903. The van der Waals surface area contributed by atoms with Crippen LogP contribution in [0.25, 0.3) is 11.1 Å². The predicted molar refractivity (Wildman–Crippen MR) is 81.8 cm³/mol. The molecule has 122 valence electrons. The highest BCUT2D eigenvalue weighted by Gasteiger charge is 2.36. The molecule has 7 heteroatoms. The van der Waals surface area contributed by atoms with Crippen molar-refractivity contribution >= 4 is 11.6 Å². The quantitative estimate of drug-likeness (QED) is 0.870. The summed E-state index contributed by atoms with van der Waals surface area (Å²) in [5, 5.41) is 7.13. The number of hydrogen-bond donors (Lipinski definition) is 1. The van der Waals surface area contributed by atoms with E-state index in [9.17, 15) is 18.0 Å². The van der Waals surface area contributed by atoms with Gasteiger partial charge in [-0.1, -0.05) is 30.3 Å². The van der Waals surface area contributed by atoms with Crippen LogP contribution in [0.2, 0.25) is 0 Å². The van der Waals surface area contributed by atoms with E-state index in [1.54, 1.807) is 7.05 Å². The van der Waals surface area contributed by atoms with Gasteiger partial charge in [-0.25, -0.2) is 0 Å². The van der Waals surface area contributed by atoms with Gasteiger partial charge in [0.15, 0.2) is 0 Å². The largest absolute Gasteiger partial charge is 0.454 e. The van der Waals surface area contributed by atoms with Crippen LogP contribution in [0.15, 0.2) is 42.1 Å². The Morgan fingerprint density at radius 3 is 2.43 bits per heavy atom. The first kappa shape index (κ1) is 16.8. The lowest BCUT2D eigenvalue weighted by Gasteiger charge is -2.11. The second-order valence-electron chi connectivity index (χ2n) is 5.11. The number of nitrogens with one attached hydrogen (secondary N) is 1. The second-order valence-corrected chi connectivity index (χ2v) is 5.11. The zero-order valence-corrected chi connectivity index (χ0v) is 12.9. The van der Waals surface area contributed by atoms with Crippen LogP contribution in [-0.2, 0) is 11.8 Å². The molecule has 1 aromatic heterocycles. The summed E-state index contributed by atoms with van der Waals surface area (Å²) in [5.41, 5.74) is 2.49. The molecule has 0 spiro atoms. The lowest BCUT2D eigenvalue weighted by molar-refractivity contribution is -0.165. The average Bonchev–Trinajstić information content (AvgIpc) is 2.73. The molecule has 1 heterocycles. The van der Waals surface area contributed by atoms with Gasteiger partial charge in [0, 0.05) is 24.4 Å². The Bertz CT molecular complexity index is 746. The van der Waals surface area contributed by atoms with E-state index in [1.165, 1.54) is 11.6 Å². The molecule has 2 rings (SSSR count). The van der Waals surface area contributed by atoms with Gasteiger partial charge in [0.2, 0.25) is 0 Å². The fourth-order valence-corrected chi connectivity index (χ4v) is 2.25. The number of rotatable bonds is 4. The van der Waals surface area contributed by atoms with Crippen LogP contribution in [0.4, 0.5) is 19.0 Å². The van der Waals surface area contributed by atoms with Gasteiger partial charge in [0.25, 0.3) is 5.78 Å². The summed E-state index contributed by atoms with van der Waals surface area (Å²) < 4.78 is 38.5. The van der Waals surface area contributed by atoms with Crippen molar-refractivity contribution in [1.82, 2.24) is 9.78 Å². The number of aryl methyl sites for hydroxylation is 2. The third kappa shape index (κ3) is 3.80. The molecular weight excluding hydrogens is 307 g/mol. The molecule has 0 unspecified atom stereocenters. The van der Waals surface area contributed by atoms with E-state index in [2.05, 4.69) is 10.4 Å². The Balaban J connectivity index is 2.38. The standard InChI is InChI=1S/C16H16F3N3O/c1-10(9-13(23)16(17,18)19)20-15-14(11(2)21-22(15)3)12-7-5-4-6-8-12/h4-9,20H,1-3H3/b10-9-. The van der Waals surface area contributed by atoms with Crippen LogP contribution >= 0.6 is 0 Å². The number of allylic oxidation sites excluding steroid dienone is 2. The summed E-state index contributed by atoms with van der Waals surface area (Å²) >= 11 is 0. The summed E-state index contributed by atoms with van der Waals surface area (Å²) in [6.07, 6.45) is -4.34. The Kier molecular flexibility index (Phi) is 4.58. The zero-order chi connectivity index (χ0) is 17.2. The average molecular weight is 323 g/mol.